The topological polar surface area (TPSA) is 70.5 Å². The molecule has 128 valence electrons. The van der Waals surface area contributed by atoms with E-state index in [2.05, 4.69) is 10.3 Å². The average Bonchev–Trinajstić information content (AvgIpc) is 3.16. The molecule has 0 fully saturated rings. The Hall–Kier alpha value is -1.66. The summed E-state index contributed by atoms with van der Waals surface area (Å²) >= 11 is 0. The van der Waals surface area contributed by atoms with Crippen LogP contribution in [0.15, 0.2) is 21.2 Å². The Labute approximate surface area is 137 Å². The SMILES string of the molecule is COCCCc1cc(CCOCCCCc2cc(C)on2)on1. The summed E-state index contributed by atoms with van der Waals surface area (Å²) in [5.41, 5.74) is 2.00. The fourth-order valence-electron chi connectivity index (χ4n) is 2.31. The van der Waals surface area contributed by atoms with Crippen LogP contribution in [-0.2, 0) is 28.7 Å². The maximum atomic E-state index is 5.64. The van der Waals surface area contributed by atoms with Crippen molar-refractivity contribution >= 4 is 0 Å². The quantitative estimate of drug-likeness (QED) is 0.559. The maximum Gasteiger partial charge on any atom is 0.139 e. The minimum absolute atomic E-state index is 0.662. The second kappa shape index (κ2) is 10.2. The molecular weight excluding hydrogens is 296 g/mol. The second-order valence-corrected chi connectivity index (χ2v) is 5.63. The number of rotatable bonds is 12. The van der Waals surface area contributed by atoms with Gasteiger partial charge in [0, 0.05) is 38.9 Å². The van der Waals surface area contributed by atoms with Crippen molar-refractivity contribution < 1.29 is 18.5 Å². The van der Waals surface area contributed by atoms with Crippen molar-refractivity contribution in [2.45, 2.75) is 45.4 Å². The molecule has 0 saturated carbocycles. The van der Waals surface area contributed by atoms with Gasteiger partial charge in [0.05, 0.1) is 18.0 Å². The first-order chi connectivity index (χ1) is 11.3. The number of nitrogens with zero attached hydrogens (tertiary/aromatic N) is 2. The lowest BCUT2D eigenvalue weighted by molar-refractivity contribution is 0.128. The Kier molecular flexibility index (Phi) is 7.83. The van der Waals surface area contributed by atoms with E-state index in [1.165, 1.54) is 0 Å². The Balaban J connectivity index is 1.48. The van der Waals surface area contributed by atoms with Crippen LogP contribution in [0, 0.1) is 6.92 Å². The third-order valence-electron chi connectivity index (χ3n) is 3.53. The molecule has 0 atom stereocenters. The number of unbranched alkanes of at least 4 members (excludes halogenated alkanes) is 1. The van der Waals surface area contributed by atoms with Crippen molar-refractivity contribution in [3.05, 3.63) is 35.0 Å². The van der Waals surface area contributed by atoms with Crippen LogP contribution in [0.25, 0.3) is 0 Å². The van der Waals surface area contributed by atoms with Gasteiger partial charge in [-0.2, -0.15) is 0 Å². The molecule has 0 spiro atoms. The van der Waals surface area contributed by atoms with E-state index in [1.807, 2.05) is 19.1 Å². The summed E-state index contributed by atoms with van der Waals surface area (Å²) in [6.45, 7) is 4.08. The van der Waals surface area contributed by atoms with E-state index in [9.17, 15) is 0 Å². The lowest BCUT2D eigenvalue weighted by Gasteiger charge is -2.01. The third-order valence-corrected chi connectivity index (χ3v) is 3.53. The first-order valence-corrected chi connectivity index (χ1v) is 8.21. The van der Waals surface area contributed by atoms with Gasteiger partial charge in [0.1, 0.15) is 11.5 Å². The van der Waals surface area contributed by atoms with E-state index in [0.717, 1.165) is 74.6 Å². The predicted molar refractivity (Wildman–Crippen MR) is 85.4 cm³/mol. The van der Waals surface area contributed by atoms with E-state index in [1.54, 1.807) is 7.11 Å². The maximum absolute atomic E-state index is 5.64. The van der Waals surface area contributed by atoms with E-state index in [4.69, 9.17) is 18.5 Å². The molecule has 0 aliphatic carbocycles. The van der Waals surface area contributed by atoms with Crippen LogP contribution in [0.1, 0.15) is 42.2 Å². The van der Waals surface area contributed by atoms with Gasteiger partial charge in [0.25, 0.3) is 0 Å². The molecule has 6 heteroatoms. The largest absolute Gasteiger partial charge is 0.385 e. The highest BCUT2D eigenvalue weighted by Gasteiger charge is 2.04. The van der Waals surface area contributed by atoms with Crippen LogP contribution >= 0.6 is 0 Å². The van der Waals surface area contributed by atoms with E-state index in [-0.39, 0.29) is 0 Å². The zero-order valence-corrected chi connectivity index (χ0v) is 14.0. The van der Waals surface area contributed by atoms with Gasteiger partial charge >= 0.3 is 0 Å². The smallest absolute Gasteiger partial charge is 0.139 e. The van der Waals surface area contributed by atoms with Crippen LogP contribution in [-0.4, -0.2) is 37.2 Å². The summed E-state index contributed by atoms with van der Waals surface area (Å²) in [5.74, 6) is 1.75. The number of methoxy groups -OCH3 is 1. The number of hydrogen-bond donors (Lipinski definition) is 0. The molecule has 2 heterocycles. The number of ether oxygens (including phenoxy) is 2. The molecule has 0 aliphatic heterocycles. The monoisotopic (exact) mass is 322 g/mol. The molecule has 0 N–H and O–H groups in total. The van der Waals surface area contributed by atoms with Crippen molar-refractivity contribution in [3.8, 4) is 0 Å². The van der Waals surface area contributed by atoms with Crippen LogP contribution in [0.5, 0.6) is 0 Å². The minimum Gasteiger partial charge on any atom is -0.385 e. The third kappa shape index (κ3) is 6.97. The van der Waals surface area contributed by atoms with Crippen molar-refractivity contribution in [1.29, 1.82) is 0 Å². The zero-order chi connectivity index (χ0) is 16.3. The number of aryl methyl sites for hydroxylation is 3. The highest BCUT2D eigenvalue weighted by atomic mass is 16.5. The molecule has 0 unspecified atom stereocenters. The van der Waals surface area contributed by atoms with Crippen molar-refractivity contribution in [3.63, 3.8) is 0 Å². The highest BCUT2D eigenvalue weighted by Crippen LogP contribution is 2.08. The van der Waals surface area contributed by atoms with Crippen molar-refractivity contribution in [2.24, 2.45) is 0 Å². The molecular formula is C17H26N2O4. The first-order valence-electron chi connectivity index (χ1n) is 8.21. The molecule has 0 aliphatic rings. The molecule has 0 aromatic carbocycles. The van der Waals surface area contributed by atoms with Crippen LogP contribution < -0.4 is 0 Å². The zero-order valence-electron chi connectivity index (χ0n) is 14.0. The Morgan fingerprint density at radius 2 is 1.65 bits per heavy atom. The first kappa shape index (κ1) is 17.7. The van der Waals surface area contributed by atoms with Crippen LogP contribution in [0.3, 0.4) is 0 Å². The van der Waals surface area contributed by atoms with Gasteiger partial charge in [-0.1, -0.05) is 10.3 Å². The van der Waals surface area contributed by atoms with E-state index < -0.39 is 0 Å². The lowest BCUT2D eigenvalue weighted by atomic mass is 10.2. The molecule has 0 bridgehead atoms. The number of aromatic nitrogens is 2. The fraction of sp³-hybridized carbons (Fsp3) is 0.647. The van der Waals surface area contributed by atoms with Gasteiger partial charge in [-0.05, 0) is 39.0 Å². The molecule has 0 saturated heterocycles. The number of hydrogen-bond acceptors (Lipinski definition) is 6. The molecule has 0 amide bonds. The predicted octanol–water partition coefficient (Wildman–Crippen LogP) is 3.13. The standard InChI is InChI=1S/C17H26N2O4/c1-14-12-15(18-22-14)6-3-4-10-21-11-8-17-13-16(19-23-17)7-5-9-20-2/h12-13H,3-11H2,1-2H3. The van der Waals surface area contributed by atoms with Crippen LogP contribution in [0.2, 0.25) is 0 Å². The average molecular weight is 322 g/mol. The second-order valence-electron chi connectivity index (χ2n) is 5.63. The molecule has 0 radical (unpaired) electrons. The Morgan fingerprint density at radius 3 is 2.43 bits per heavy atom. The van der Waals surface area contributed by atoms with Crippen LogP contribution in [0.4, 0.5) is 0 Å². The lowest BCUT2D eigenvalue weighted by Crippen LogP contribution is -2.00. The van der Waals surface area contributed by atoms with Gasteiger partial charge in [0.2, 0.25) is 0 Å². The van der Waals surface area contributed by atoms with E-state index >= 15 is 0 Å². The van der Waals surface area contributed by atoms with Gasteiger partial charge in [-0.15, -0.1) is 0 Å². The molecule has 6 nitrogen and oxygen atoms in total. The summed E-state index contributed by atoms with van der Waals surface area (Å²) < 4.78 is 21.0. The molecule has 2 aromatic heterocycles. The van der Waals surface area contributed by atoms with Gasteiger partial charge in [0.15, 0.2) is 0 Å². The minimum atomic E-state index is 0.662. The molecule has 23 heavy (non-hydrogen) atoms. The van der Waals surface area contributed by atoms with Crippen molar-refractivity contribution in [1.82, 2.24) is 10.3 Å². The van der Waals surface area contributed by atoms with E-state index in [0.29, 0.717) is 6.61 Å². The summed E-state index contributed by atoms with van der Waals surface area (Å²) in [4.78, 5) is 0. The molecule has 2 rings (SSSR count). The summed E-state index contributed by atoms with van der Waals surface area (Å²) in [7, 11) is 1.71. The Bertz CT molecular complexity index is 550. The Morgan fingerprint density at radius 1 is 0.870 bits per heavy atom. The molecule has 2 aromatic rings. The summed E-state index contributed by atoms with van der Waals surface area (Å²) in [6, 6.07) is 3.99. The van der Waals surface area contributed by atoms with Gasteiger partial charge < -0.3 is 18.5 Å². The van der Waals surface area contributed by atoms with Gasteiger partial charge in [-0.25, -0.2) is 0 Å². The summed E-state index contributed by atoms with van der Waals surface area (Å²) in [6.07, 6.45) is 5.62. The van der Waals surface area contributed by atoms with Gasteiger partial charge in [-0.3, -0.25) is 0 Å². The normalized spacial score (nSPS) is 11.2. The fourth-order valence-corrected chi connectivity index (χ4v) is 2.31. The summed E-state index contributed by atoms with van der Waals surface area (Å²) in [5, 5.41) is 8.03. The highest BCUT2D eigenvalue weighted by molar-refractivity contribution is 5.05. The van der Waals surface area contributed by atoms with Crippen molar-refractivity contribution in [2.75, 3.05) is 26.9 Å².